The summed E-state index contributed by atoms with van der Waals surface area (Å²) in [5.74, 6) is -1.14. The normalized spacial score (nSPS) is 13.5. The molecule has 5 heteroatoms. The van der Waals surface area contributed by atoms with Gasteiger partial charge in [-0.2, -0.15) is 0 Å². The molecule has 0 aliphatic heterocycles. The van der Waals surface area contributed by atoms with Crippen LogP contribution in [0.1, 0.15) is 71.1 Å². The standard InChI is InChI=1S/C14H31N3O2/c1-2-3-4-5-6-7-8-9-10-11-14(16,17)12(15)13(18)19/h12H,2-11,15-17H2,1H3,(H,18,19). The van der Waals surface area contributed by atoms with E-state index in [2.05, 4.69) is 6.92 Å². The first-order chi connectivity index (χ1) is 8.91. The van der Waals surface area contributed by atoms with Crippen LogP contribution in [0.2, 0.25) is 0 Å². The molecule has 0 aromatic heterocycles. The summed E-state index contributed by atoms with van der Waals surface area (Å²) < 4.78 is 0. The van der Waals surface area contributed by atoms with Crippen LogP contribution in [0.5, 0.6) is 0 Å². The van der Waals surface area contributed by atoms with Crippen molar-refractivity contribution in [2.75, 3.05) is 0 Å². The SMILES string of the molecule is CCCCCCCCCCCC(N)(N)C(N)C(=O)O. The second-order valence-corrected chi connectivity index (χ2v) is 5.51. The van der Waals surface area contributed by atoms with E-state index < -0.39 is 17.7 Å². The van der Waals surface area contributed by atoms with Crippen LogP contribution in [0.15, 0.2) is 0 Å². The topological polar surface area (TPSA) is 115 Å². The molecular weight excluding hydrogens is 242 g/mol. The van der Waals surface area contributed by atoms with Gasteiger partial charge < -0.3 is 22.3 Å². The molecule has 0 aromatic carbocycles. The molecule has 7 N–H and O–H groups in total. The van der Waals surface area contributed by atoms with E-state index >= 15 is 0 Å². The molecule has 19 heavy (non-hydrogen) atoms. The Morgan fingerprint density at radius 2 is 1.42 bits per heavy atom. The Morgan fingerprint density at radius 3 is 1.84 bits per heavy atom. The van der Waals surface area contributed by atoms with E-state index in [4.69, 9.17) is 22.3 Å². The van der Waals surface area contributed by atoms with Gasteiger partial charge in [0.25, 0.3) is 0 Å². The average Bonchev–Trinajstić information content (AvgIpc) is 2.35. The van der Waals surface area contributed by atoms with Crippen LogP contribution in [0.25, 0.3) is 0 Å². The van der Waals surface area contributed by atoms with Gasteiger partial charge in [-0.1, -0.05) is 64.7 Å². The van der Waals surface area contributed by atoms with Gasteiger partial charge in [0.05, 0.1) is 5.66 Å². The maximum Gasteiger partial charge on any atom is 0.323 e. The summed E-state index contributed by atoms with van der Waals surface area (Å²) in [5.41, 5.74) is 15.6. The summed E-state index contributed by atoms with van der Waals surface area (Å²) in [7, 11) is 0. The molecule has 0 rings (SSSR count). The molecule has 114 valence electrons. The summed E-state index contributed by atoms with van der Waals surface area (Å²) in [6.07, 6.45) is 11.3. The van der Waals surface area contributed by atoms with Crippen LogP contribution in [0.3, 0.4) is 0 Å². The molecule has 5 nitrogen and oxygen atoms in total. The monoisotopic (exact) mass is 273 g/mol. The minimum absolute atomic E-state index is 0.455. The van der Waals surface area contributed by atoms with Gasteiger partial charge in [0.2, 0.25) is 0 Å². The number of nitrogens with two attached hydrogens (primary N) is 3. The summed E-state index contributed by atoms with van der Waals surface area (Å²) in [6.45, 7) is 2.22. The van der Waals surface area contributed by atoms with Crippen molar-refractivity contribution in [2.24, 2.45) is 17.2 Å². The molecule has 0 saturated heterocycles. The second-order valence-electron chi connectivity index (χ2n) is 5.51. The number of unbranched alkanes of at least 4 members (excludes halogenated alkanes) is 8. The molecule has 0 fully saturated rings. The van der Waals surface area contributed by atoms with Gasteiger partial charge in [0.15, 0.2) is 0 Å². The number of carbonyl (C=O) groups is 1. The zero-order chi connectivity index (χ0) is 14.7. The first-order valence-electron chi connectivity index (χ1n) is 7.48. The number of carboxylic acid groups (broad SMARTS) is 1. The van der Waals surface area contributed by atoms with Crippen molar-refractivity contribution in [2.45, 2.75) is 82.8 Å². The molecule has 0 amide bonds. The molecule has 0 saturated carbocycles. The Labute approximate surface area is 116 Å². The third kappa shape index (κ3) is 8.97. The van der Waals surface area contributed by atoms with Gasteiger partial charge >= 0.3 is 5.97 Å². The molecule has 0 radical (unpaired) electrons. The largest absolute Gasteiger partial charge is 0.480 e. The maximum atomic E-state index is 10.7. The molecule has 0 spiro atoms. The fourth-order valence-electron chi connectivity index (χ4n) is 2.13. The average molecular weight is 273 g/mol. The Hall–Kier alpha value is -0.650. The quantitative estimate of drug-likeness (QED) is 0.320. The van der Waals surface area contributed by atoms with E-state index in [1.807, 2.05) is 0 Å². The fourth-order valence-corrected chi connectivity index (χ4v) is 2.13. The predicted molar refractivity (Wildman–Crippen MR) is 78.6 cm³/mol. The third-order valence-corrected chi connectivity index (χ3v) is 3.56. The first kappa shape index (κ1) is 18.4. The van der Waals surface area contributed by atoms with Crippen molar-refractivity contribution in [3.63, 3.8) is 0 Å². The molecule has 0 aliphatic rings. The first-order valence-corrected chi connectivity index (χ1v) is 7.48. The Morgan fingerprint density at radius 1 is 1.00 bits per heavy atom. The highest BCUT2D eigenvalue weighted by molar-refractivity contribution is 5.74. The highest BCUT2D eigenvalue weighted by Crippen LogP contribution is 2.14. The summed E-state index contributed by atoms with van der Waals surface area (Å²) in [6, 6.07) is -1.19. The lowest BCUT2D eigenvalue weighted by atomic mass is 9.95. The summed E-state index contributed by atoms with van der Waals surface area (Å²) >= 11 is 0. The van der Waals surface area contributed by atoms with E-state index in [9.17, 15) is 4.79 Å². The number of hydrogen-bond donors (Lipinski definition) is 4. The predicted octanol–water partition coefficient (Wildman–Crippen LogP) is 1.93. The highest BCUT2D eigenvalue weighted by Gasteiger charge is 2.32. The molecule has 1 unspecified atom stereocenters. The fraction of sp³-hybridized carbons (Fsp3) is 0.929. The van der Waals surface area contributed by atoms with Crippen molar-refractivity contribution in [3.8, 4) is 0 Å². The summed E-state index contributed by atoms with van der Waals surface area (Å²) in [4.78, 5) is 10.7. The smallest absolute Gasteiger partial charge is 0.323 e. The van der Waals surface area contributed by atoms with Crippen LogP contribution in [0, 0.1) is 0 Å². The van der Waals surface area contributed by atoms with Gasteiger partial charge in [-0.3, -0.25) is 4.79 Å². The van der Waals surface area contributed by atoms with E-state index in [1.165, 1.54) is 38.5 Å². The van der Waals surface area contributed by atoms with Gasteiger partial charge in [-0.05, 0) is 6.42 Å². The molecule has 0 aliphatic carbocycles. The lowest BCUT2D eigenvalue weighted by Crippen LogP contribution is -2.65. The van der Waals surface area contributed by atoms with Crippen LogP contribution < -0.4 is 17.2 Å². The minimum Gasteiger partial charge on any atom is -0.480 e. The van der Waals surface area contributed by atoms with Gasteiger partial charge in [-0.25, -0.2) is 0 Å². The third-order valence-electron chi connectivity index (χ3n) is 3.56. The lowest BCUT2D eigenvalue weighted by Gasteiger charge is -2.28. The molecule has 0 aromatic rings. The van der Waals surface area contributed by atoms with Crippen molar-refractivity contribution in [1.29, 1.82) is 0 Å². The van der Waals surface area contributed by atoms with Gasteiger partial charge in [0.1, 0.15) is 6.04 Å². The highest BCUT2D eigenvalue weighted by atomic mass is 16.4. The number of carboxylic acids is 1. The van der Waals surface area contributed by atoms with Gasteiger partial charge in [-0.15, -0.1) is 0 Å². The zero-order valence-corrected chi connectivity index (χ0v) is 12.2. The van der Waals surface area contributed by atoms with E-state index in [1.54, 1.807) is 0 Å². The Kier molecular flexibility index (Phi) is 9.83. The number of hydrogen-bond acceptors (Lipinski definition) is 4. The van der Waals surface area contributed by atoms with Crippen LogP contribution in [0.4, 0.5) is 0 Å². The van der Waals surface area contributed by atoms with E-state index in [0.717, 1.165) is 19.3 Å². The number of rotatable bonds is 12. The van der Waals surface area contributed by atoms with Crippen LogP contribution >= 0.6 is 0 Å². The van der Waals surface area contributed by atoms with Crippen molar-refractivity contribution in [3.05, 3.63) is 0 Å². The molecule has 0 bridgehead atoms. The van der Waals surface area contributed by atoms with E-state index in [-0.39, 0.29) is 0 Å². The second kappa shape index (κ2) is 10.2. The van der Waals surface area contributed by atoms with E-state index in [0.29, 0.717) is 6.42 Å². The Balaban J connectivity index is 3.50. The zero-order valence-electron chi connectivity index (χ0n) is 12.2. The lowest BCUT2D eigenvalue weighted by molar-refractivity contribution is -0.140. The molecular formula is C14H31N3O2. The van der Waals surface area contributed by atoms with Crippen molar-refractivity contribution >= 4 is 5.97 Å². The summed E-state index contributed by atoms with van der Waals surface area (Å²) in [5, 5.41) is 8.78. The minimum atomic E-state index is -1.30. The number of aliphatic carboxylic acids is 1. The van der Waals surface area contributed by atoms with Gasteiger partial charge in [0, 0.05) is 0 Å². The molecule has 1 atom stereocenters. The van der Waals surface area contributed by atoms with Crippen LogP contribution in [-0.2, 0) is 4.79 Å². The molecule has 0 heterocycles. The van der Waals surface area contributed by atoms with Crippen molar-refractivity contribution in [1.82, 2.24) is 0 Å². The van der Waals surface area contributed by atoms with Crippen LogP contribution in [-0.4, -0.2) is 22.8 Å². The maximum absolute atomic E-state index is 10.7. The van der Waals surface area contributed by atoms with Crippen molar-refractivity contribution < 1.29 is 9.90 Å². The Bertz CT molecular complexity index is 245.